The second kappa shape index (κ2) is 7.06. The summed E-state index contributed by atoms with van der Waals surface area (Å²) in [6, 6.07) is 6.14. The van der Waals surface area contributed by atoms with Crippen molar-refractivity contribution < 1.29 is 21.2 Å². The second-order valence-corrected chi connectivity index (χ2v) is 10.6. The van der Waals surface area contributed by atoms with Gasteiger partial charge in [-0.15, -0.1) is 11.3 Å². The van der Waals surface area contributed by atoms with Gasteiger partial charge in [-0.25, -0.2) is 30.3 Å². The van der Waals surface area contributed by atoms with E-state index >= 15 is 0 Å². The fourth-order valence-corrected chi connectivity index (χ4v) is 5.49. The van der Waals surface area contributed by atoms with Crippen LogP contribution in [0.1, 0.15) is 4.88 Å². The van der Waals surface area contributed by atoms with Gasteiger partial charge in [0.1, 0.15) is 14.9 Å². The maximum atomic E-state index is 13.7. The molecule has 1 aromatic heterocycles. The van der Waals surface area contributed by atoms with Gasteiger partial charge in [-0.1, -0.05) is 11.6 Å². The molecule has 2 rings (SSSR count). The standard InChI is InChI=1S/C13H14ClFN2O4S3/c1-17(2)24(20,21)13-6-4-10(22-13)8-16-23(18,19)12-5-3-9(14)7-11(12)15/h3-7,16H,8H2,1-2H3. The number of nitrogens with one attached hydrogen (secondary N) is 1. The van der Waals surface area contributed by atoms with E-state index in [1.807, 2.05) is 0 Å². The summed E-state index contributed by atoms with van der Waals surface area (Å²) in [6.07, 6.45) is 0. The molecule has 0 fully saturated rings. The number of sulfonamides is 2. The van der Waals surface area contributed by atoms with Crippen LogP contribution in [0.4, 0.5) is 4.39 Å². The molecule has 0 spiro atoms. The molecule has 0 saturated carbocycles. The van der Waals surface area contributed by atoms with Gasteiger partial charge < -0.3 is 0 Å². The molecule has 0 saturated heterocycles. The first-order valence-corrected chi connectivity index (χ1v) is 10.6. The predicted octanol–water partition coefficient (Wildman–Crippen LogP) is 2.27. The molecule has 0 atom stereocenters. The van der Waals surface area contributed by atoms with E-state index in [2.05, 4.69) is 4.72 Å². The molecular weight excluding hydrogens is 399 g/mol. The first-order valence-electron chi connectivity index (χ1n) is 6.50. The van der Waals surface area contributed by atoms with E-state index in [0.717, 1.165) is 27.8 Å². The molecular formula is C13H14ClFN2O4S3. The van der Waals surface area contributed by atoms with E-state index in [4.69, 9.17) is 11.6 Å². The van der Waals surface area contributed by atoms with Gasteiger partial charge in [0.05, 0.1) is 0 Å². The van der Waals surface area contributed by atoms with E-state index in [-0.39, 0.29) is 15.8 Å². The topological polar surface area (TPSA) is 83.6 Å². The summed E-state index contributed by atoms with van der Waals surface area (Å²) < 4.78 is 65.4. The van der Waals surface area contributed by atoms with E-state index in [1.165, 1.54) is 32.3 Å². The Morgan fingerprint density at radius 2 is 1.83 bits per heavy atom. The highest BCUT2D eigenvalue weighted by Gasteiger charge is 2.22. The highest BCUT2D eigenvalue weighted by Crippen LogP contribution is 2.24. The van der Waals surface area contributed by atoms with Crippen LogP contribution < -0.4 is 4.72 Å². The molecule has 1 aromatic carbocycles. The van der Waals surface area contributed by atoms with Crippen LogP contribution in [-0.2, 0) is 26.6 Å². The highest BCUT2D eigenvalue weighted by molar-refractivity contribution is 7.91. The zero-order valence-corrected chi connectivity index (χ0v) is 15.9. The Balaban J connectivity index is 2.18. The summed E-state index contributed by atoms with van der Waals surface area (Å²) in [5.74, 6) is -0.961. The zero-order chi connectivity index (χ0) is 18.1. The first kappa shape index (κ1) is 19.3. The lowest BCUT2D eigenvalue weighted by molar-refractivity contribution is 0.523. The Morgan fingerprint density at radius 3 is 2.42 bits per heavy atom. The van der Waals surface area contributed by atoms with Crippen LogP contribution in [0.25, 0.3) is 0 Å². The predicted molar refractivity (Wildman–Crippen MR) is 90.6 cm³/mol. The third kappa shape index (κ3) is 4.13. The number of benzene rings is 1. The SMILES string of the molecule is CN(C)S(=O)(=O)c1ccc(CNS(=O)(=O)c2ccc(Cl)cc2F)s1. The molecule has 24 heavy (non-hydrogen) atoms. The third-order valence-electron chi connectivity index (χ3n) is 2.99. The molecule has 0 aliphatic carbocycles. The average Bonchev–Trinajstić information content (AvgIpc) is 2.94. The van der Waals surface area contributed by atoms with Gasteiger partial charge in [0.25, 0.3) is 10.0 Å². The van der Waals surface area contributed by atoms with Crippen molar-refractivity contribution in [1.29, 1.82) is 0 Å². The molecule has 6 nitrogen and oxygen atoms in total. The molecule has 11 heteroatoms. The average molecular weight is 413 g/mol. The Hall–Kier alpha value is -1.04. The van der Waals surface area contributed by atoms with Crippen LogP contribution in [-0.4, -0.2) is 35.2 Å². The molecule has 0 aliphatic heterocycles. The van der Waals surface area contributed by atoms with Crippen LogP contribution in [0, 0.1) is 5.82 Å². The quantitative estimate of drug-likeness (QED) is 0.788. The molecule has 2 aromatic rings. The van der Waals surface area contributed by atoms with E-state index in [9.17, 15) is 21.2 Å². The van der Waals surface area contributed by atoms with Gasteiger partial charge in [-0.3, -0.25) is 0 Å². The van der Waals surface area contributed by atoms with Crippen molar-refractivity contribution >= 4 is 43.0 Å². The summed E-state index contributed by atoms with van der Waals surface area (Å²) in [7, 11) is -4.85. The van der Waals surface area contributed by atoms with Crippen LogP contribution >= 0.6 is 22.9 Å². The summed E-state index contributed by atoms with van der Waals surface area (Å²) in [6.45, 7) is -0.155. The zero-order valence-electron chi connectivity index (χ0n) is 12.7. The van der Waals surface area contributed by atoms with Crippen molar-refractivity contribution in [1.82, 2.24) is 9.03 Å². The molecule has 0 aliphatic rings. The van der Waals surface area contributed by atoms with Crippen molar-refractivity contribution in [2.24, 2.45) is 0 Å². The monoisotopic (exact) mass is 412 g/mol. The van der Waals surface area contributed by atoms with Crippen LogP contribution in [0.2, 0.25) is 5.02 Å². The van der Waals surface area contributed by atoms with Gasteiger partial charge in [0, 0.05) is 30.5 Å². The van der Waals surface area contributed by atoms with Crippen molar-refractivity contribution in [3.8, 4) is 0 Å². The molecule has 0 bridgehead atoms. The normalized spacial score (nSPS) is 12.7. The van der Waals surface area contributed by atoms with Crippen molar-refractivity contribution in [2.75, 3.05) is 14.1 Å². The lowest BCUT2D eigenvalue weighted by atomic mass is 10.3. The van der Waals surface area contributed by atoms with E-state index in [1.54, 1.807) is 0 Å². The van der Waals surface area contributed by atoms with Crippen molar-refractivity contribution in [3.05, 3.63) is 46.0 Å². The lowest BCUT2D eigenvalue weighted by Crippen LogP contribution is -2.23. The lowest BCUT2D eigenvalue weighted by Gasteiger charge is -2.08. The summed E-state index contributed by atoms with van der Waals surface area (Å²) in [5, 5.41) is 0.0863. The number of rotatable bonds is 6. The van der Waals surface area contributed by atoms with E-state index < -0.39 is 30.8 Å². The van der Waals surface area contributed by atoms with Gasteiger partial charge in [0.15, 0.2) is 0 Å². The Bertz CT molecular complexity index is 955. The maximum Gasteiger partial charge on any atom is 0.252 e. The van der Waals surface area contributed by atoms with Crippen molar-refractivity contribution in [2.45, 2.75) is 15.6 Å². The fourth-order valence-electron chi connectivity index (χ4n) is 1.71. The maximum absolute atomic E-state index is 13.7. The minimum atomic E-state index is -4.09. The third-order valence-corrected chi connectivity index (χ3v) is 8.03. The van der Waals surface area contributed by atoms with Gasteiger partial charge in [-0.2, -0.15) is 0 Å². The number of thiophene rings is 1. The van der Waals surface area contributed by atoms with Gasteiger partial charge >= 0.3 is 0 Å². The Kier molecular flexibility index (Phi) is 5.68. The van der Waals surface area contributed by atoms with Crippen LogP contribution in [0.5, 0.6) is 0 Å². The number of nitrogens with zero attached hydrogens (tertiary/aromatic N) is 1. The molecule has 1 heterocycles. The Morgan fingerprint density at radius 1 is 1.17 bits per heavy atom. The summed E-state index contributed by atoms with van der Waals surface area (Å²) in [4.78, 5) is -0.0436. The van der Waals surface area contributed by atoms with Gasteiger partial charge in [-0.05, 0) is 30.3 Å². The highest BCUT2D eigenvalue weighted by atomic mass is 35.5. The van der Waals surface area contributed by atoms with Crippen LogP contribution in [0.3, 0.4) is 0 Å². The summed E-state index contributed by atoms with van der Waals surface area (Å²) in [5.41, 5.74) is 0. The summed E-state index contributed by atoms with van der Waals surface area (Å²) >= 11 is 6.54. The molecule has 1 N–H and O–H groups in total. The minimum absolute atomic E-state index is 0.0863. The smallest absolute Gasteiger partial charge is 0.207 e. The molecule has 0 radical (unpaired) electrons. The molecule has 0 amide bonds. The molecule has 0 unspecified atom stereocenters. The number of halogens is 2. The van der Waals surface area contributed by atoms with Crippen molar-refractivity contribution in [3.63, 3.8) is 0 Å². The minimum Gasteiger partial charge on any atom is -0.207 e. The largest absolute Gasteiger partial charge is 0.252 e. The number of hydrogen-bond donors (Lipinski definition) is 1. The molecule has 132 valence electrons. The number of hydrogen-bond acceptors (Lipinski definition) is 5. The van der Waals surface area contributed by atoms with Crippen LogP contribution in [0.15, 0.2) is 39.4 Å². The van der Waals surface area contributed by atoms with Gasteiger partial charge in [0.2, 0.25) is 10.0 Å². The fraction of sp³-hybridized carbons (Fsp3) is 0.231. The second-order valence-electron chi connectivity index (χ2n) is 4.91. The first-order chi connectivity index (χ1) is 11.0. The van der Waals surface area contributed by atoms with E-state index in [0.29, 0.717) is 4.88 Å². The Labute approximate surface area is 149 Å².